The molecule has 3 unspecified atom stereocenters. The van der Waals surface area contributed by atoms with Crippen molar-refractivity contribution < 1.29 is 14.7 Å². The predicted octanol–water partition coefficient (Wildman–Crippen LogP) is 4.48. The second kappa shape index (κ2) is 9.27. The summed E-state index contributed by atoms with van der Waals surface area (Å²) in [6, 6.07) is 0. The van der Waals surface area contributed by atoms with E-state index in [0.717, 1.165) is 36.5 Å². The first-order chi connectivity index (χ1) is 15.1. The number of hydrogen-bond acceptors (Lipinski definition) is 3. The highest BCUT2D eigenvalue weighted by Crippen LogP contribution is 2.47. The van der Waals surface area contributed by atoms with Gasteiger partial charge in [-0.2, -0.15) is 0 Å². The molecular formula is C27H46N2O3. The standard InChI is InChI=1S/C27H46N2O3/c1-19-22(18-26(2,3)4)6-5-7-23(19)20-8-10-21(11-9-20)24(30)28-14-16-29(17-15-28)25(31)27(32)12-13-27/h19-23,32H,5-18H2,1-4H3. The van der Waals surface area contributed by atoms with Crippen LogP contribution < -0.4 is 0 Å². The van der Waals surface area contributed by atoms with E-state index in [4.69, 9.17) is 0 Å². The lowest BCUT2D eigenvalue weighted by Crippen LogP contribution is -2.54. The van der Waals surface area contributed by atoms with Gasteiger partial charge in [0.25, 0.3) is 5.91 Å². The van der Waals surface area contributed by atoms with Crippen LogP contribution in [-0.4, -0.2) is 58.5 Å². The maximum Gasteiger partial charge on any atom is 0.254 e. The average Bonchev–Trinajstić information content (AvgIpc) is 3.52. The van der Waals surface area contributed by atoms with E-state index in [1.807, 2.05) is 4.90 Å². The van der Waals surface area contributed by atoms with Crippen LogP contribution in [0.15, 0.2) is 0 Å². The number of amides is 2. The van der Waals surface area contributed by atoms with E-state index in [1.54, 1.807) is 4.90 Å². The average molecular weight is 447 g/mol. The third-order valence-corrected chi connectivity index (χ3v) is 9.13. The Bertz CT molecular complexity index is 680. The van der Waals surface area contributed by atoms with Crippen molar-refractivity contribution in [3.05, 3.63) is 0 Å². The van der Waals surface area contributed by atoms with Gasteiger partial charge in [-0.1, -0.05) is 40.5 Å². The largest absolute Gasteiger partial charge is 0.380 e. The van der Waals surface area contributed by atoms with Crippen molar-refractivity contribution in [3.8, 4) is 0 Å². The Hall–Kier alpha value is -1.10. The molecule has 0 bridgehead atoms. The van der Waals surface area contributed by atoms with Gasteiger partial charge in [0.1, 0.15) is 5.60 Å². The van der Waals surface area contributed by atoms with Gasteiger partial charge >= 0.3 is 0 Å². The van der Waals surface area contributed by atoms with E-state index >= 15 is 0 Å². The zero-order valence-corrected chi connectivity index (χ0v) is 20.9. The zero-order chi connectivity index (χ0) is 23.1. The quantitative estimate of drug-likeness (QED) is 0.693. The topological polar surface area (TPSA) is 60.9 Å². The molecule has 3 atom stereocenters. The van der Waals surface area contributed by atoms with Crippen LogP contribution in [0.25, 0.3) is 0 Å². The summed E-state index contributed by atoms with van der Waals surface area (Å²) in [5, 5.41) is 10.1. The van der Waals surface area contributed by atoms with E-state index in [9.17, 15) is 14.7 Å². The van der Waals surface area contributed by atoms with Crippen LogP contribution in [0.4, 0.5) is 0 Å². The number of carbonyl (C=O) groups is 2. The highest BCUT2D eigenvalue weighted by Gasteiger charge is 2.50. The number of rotatable bonds is 4. The molecule has 0 radical (unpaired) electrons. The molecule has 3 saturated carbocycles. The summed E-state index contributed by atoms with van der Waals surface area (Å²) in [4.78, 5) is 29.2. The summed E-state index contributed by atoms with van der Waals surface area (Å²) in [5.41, 5.74) is -0.678. The van der Waals surface area contributed by atoms with Gasteiger partial charge in [0, 0.05) is 32.1 Å². The summed E-state index contributed by atoms with van der Waals surface area (Å²) in [6.45, 7) is 12.0. The smallest absolute Gasteiger partial charge is 0.254 e. The van der Waals surface area contributed by atoms with Crippen molar-refractivity contribution in [3.63, 3.8) is 0 Å². The van der Waals surface area contributed by atoms with Gasteiger partial charge in [-0.05, 0) is 80.5 Å². The zero-order valence-electron chi connectivity index (χ0n) is 20.9. The van der Waals surface area contributed by atoms with Gasteiger partial charge in [-0.15, -0.1) is 0 Å². The molecule has 3 aliphatic carbocycles. The number of aliphatic hydroxyl groups is 1. The molecule has 4 fully saturated rings. The monoisotopic (exact) mass is 446 g/mol. The highest BCUT2D eigenvalue weighted by atomic mass is 16.3. The van der Waals surface area contributed by atoms with Crippen LogP contribution in [0.3, 0.4) is 0 Å². The van der Waals surface area contributed by atoms with Crippen molar-refractivity contribution >= 4 is 11.8 Å². The summed E-state index contributed by atoms with van der Waals surface area (Å²) in [5.74, 6) is 3.67. The maximum atomic E-state index is 13.2. The molecule has 1 N–H and O–H groups in total. The normalized spacial score (nSPS) is 35.5. The molecule has 5 heteroatoms. The van der Waals surface area contributed by atoms with Gasteiger partial charge in [-0.3, -0.25) is 9.59 Å². The lowest BCUT2D eigenvalue weighted by molar-refractivity contribution is -0.148. The third-order valence-electron chi connectivity index (χ3n) is 9.13. The van der Waals surface area contributed by atoms with Gasteiger partial charge in [-0.25, -0.2) is 0 Å². The number of nitrogens with zero attached hydrogens (tertiary/aromatic N) is 2. The highest BCUT2D eigenvalue weighted by molar-refractivity contribution is 5.88. The van der Waals surface area contributed by atoms with Crippen LogP contribution in [-0.2, 0) is 9.59 Å². The molecule has 182 valence electrons. The first-order valence-electron chi connectivity index (χ1n) is 13.4. The lowest BCUT2D eigenvalue weighted by Gasteiger charge is -2.45. The molecule has 4 aliphatic rings. The first kappa shape index (κ1) is 24.0. The fraction of sp³-hybridized carbons (Fsp3) is 0.926. The molecule has 1 heterocycles. The van der Waals surface area contributed by atoms with Crippen molar-refractivity contribution in [1.29, 1.82) is 0 Å². The Morgan fingerprint density at radius 2 is 1.50 bits per heavy atom. The van der Waals surface area contributed by atoms with Crippen LogP contribution in [0.5, 0.6) is 0 Å². The number of hydrogen-bond donors (Lipinski definition) is 1. The number of carbonyl (C=O) groups excluding carboxylic acids is 2. The van der Waals surface area contributed by atoms with E-state index in [1.165, 1.54) is 38.5 Å². The summed E-state index contributed by atoms with van der Waals surface area (Å²) in [7, 11) is 0. The maximum absolute atomic E-state index is 13.2. The van der Waals surface area contributed by atoms with Crippen molar-refractivity contribution in [1.82, 2.24) is 9.80 Å². The van der Waals surface area contributed by atoms with Crippen molar-refractivity contribution in [2.45, 2.75) is 97.5 Å². The summed E-state index contributed by atoms with van der Waals surface area (Å²) >= 11 is 0. The molecule has 1 aliphatic heterocycles. The third kappa shape index (κ3) is 5.34. The fourth-order valence-corrected chi connectivity index (χ4v) is 7.04. The van der Waals surface area contributed by atoms with E-state index < -0.39 is 5.60 Å². The van der Waals surface area contributed by atoms with E-state index in [-0.39, 0.29) is 11.8 Å². The van der Waals surface area contributed by atoms with Crippen molar-refractivity contribution in [2.75, 3.05) is 26.2 Å². The molecule has 0 spiro atoms. The molecular weight excluding hydrogens is 400 g/mol. The molecule has 1 saturated heterocycles. The molecule has 0 aromatic heterocycles. The van der Waals surface area contributed by atoms with Gasteiger partial charge in [0.15, 0.2) is 0 Å². The molecule has 0 aromatic rings. The first-order valence-corrected chi connectivity index (χ1v) is 13.4. The Morgan fingerprint density at radius 1 is 0.906 bits per heavy atom. The SMILES string of the molecule is CC1C(CC(C)(C)C)CCCC1C1CCC(C(=O)N2CCN(C(=O)C3(O)CC3)CC2)CC1. The molecule has 2 amide bonds. The lowest BCUT2D eigenvalue weighted by atomic mass is 9.61. The van der Waals surface area contributed by atoms with Gasteiger partial charge in [0.05, 0.1) is 0 Å². The molecule has 4 rings (SSSR count). The Morgan fingerprint density at radius 3 is 2.06 bits per heavy atom. The summed E-state index contributed by atoms with van der Waals surface area (Å²) in [6.07, 6.45) is 11.2. The van der Waals surface area contributed by atoms with E-state index in [2.05, 4.69) is 27.7 Å². The minimum Gasteiger partial charge on any atom is -0.380 e. The van der Waals surface area contributed by atoms with Crippen LogP contribution >= 0.6 is 0 Å². The predicted molar refractivity (Wildman–Crippen MR) is 127 cm³/mol. The second-order valence-corrected chi connectivity index (χ2v) is 12.7. The van der Waals surface area contributed by atoms with Crippen LogP contribution in [0.1, 0.15) is 91.9 Å². The second-order valence-electron chi connectivity index (χ2n) is 12.7. The number of piperazine rings is 1. The molecule has 5 nitrogen and oxygen atoms in total. The Balaban J connectivity index is 1.24. The molecule has 32 heavy (non-hydrogen) atoms. The Labute approximate surface area is 195 Å². The van der Waals surface area contributed by atoms with E-state index in [0.29, 0.717) is 50.3 Å². The minimum atomic E-state index is -1.09. The van der Waals surface area contributed by atoms with Crippen LogP contribution in [0.2, 0.25) is 0 Å². The van der Waals surface area contributed by atoms with Crippen LogP contribution in [0, 0.1) is 35.0 Å². The summed E-state index contributed by atoms with van der Waals surface area (Å²) < 4.78 is 0. The minimum absolute atomic E-state index is 0.128. The molecule has 0 aromatic carbocycles. The van der Waals surface area contributed by atoms with Gasteiger partial charge in [0.2, 0.25) is 5.91 Å². The van der Waals surface area contributed by atoms with Crippen molar-refractivity contribution in [2.24, 2.45) is 35.0 Å². The fourth-order valence-electron chi connectivity index (χ4n) is 7.04. The Kier molecular flexibility index (Phi) is 6.96. The van der Waals surface area contributed by atoms with Gasteiger partial charge < -0.3 is 14.9 Å².